The van der Waals surface area contributed by atoms with Crippen molar-refractivity contribution < 1.29 is 13.9 Å². The van der Waals surface area contributed by atoms with E-state index in [0.717, 1.165) is 5.56 Å². The molecule has 0 saturated carbocycles. The quantitative estimate of drug-likeness (QED) is 0.778. The Bertz CT molecular complexity index is 338. The fraction of sp³-hybridized carbons (Fsp3) is 0.250. The van der Waals surface area contributed by atoms with Crippen LogP contribution >= 0.6 is 0 Å². The second-order valence-electron chi connectivity index (χ2n) is 3.07. The van der Waals surface area contributed by atoms with Crippen LogP contribution in [0, 0.1) is 0 Å². The number of hydrogen-bond donors (Lipinski definition) is 1. The van der Waals surface area contributed by atoms with E-state index >= 15 is 0 Å². The highest BCUT2D eigenvalue weighted by molar-refractivity contribution is 5.67. The average Bonchev–Trinajstić information content (AvgIpc) is 2.33. The lowest BCUT2D eigenvalue weighted by atomic mass is 10.2. The van der Waals surface area contributed by atoms with Crippen molar-refractivity contribution in [3.05, 3.63) is 48.0 Å². The van der Waals surface area contributed by atoms with E-state index in [-0.39, 0.29) is 13.2 Å². The fourth-order valence-corrected chi connectivity index (χ4v) is 1.06. The van der Waals surface area contributed by atoms with Crippen molar-refractivity contribution in [2.24, 2.45) is 0 Å². The minimum Gasteiger partial charge on any atom is -0.445 e. The third-order valence-electron chi connectivity index (χ3n) is 1.83. The Kier molecular flexibility index (Phi) is 5.70. The van der Waals surface area contributed by atoms with Crippen LogP contribution in [0.2, 0.25) is 0 Å². The van der Waals surface area contributed by atoms with E-state index in [2.05, 4.69) is 5.32 Å². The predicted octanol–water partition coefficient (Wildman–Crippen LogP) is 2.44. The van der Waals surface area contributed by atoms with Gasteiger partial charge in [0.2, 0.25) is 0 Å². The van der Waals surface area contributed by atoms with E-state index in [1.807, 2.05) is 30.3 Å². The third-order valence-corrected chi connectivity index (χ3v) is 1.83. The molecule has 0 bridgehead atoms. The number of ether oxygens (including phenoxy) is 1. The van der Waals surface area contributed by atoms with Crippen molar-refractivity contribution in [2.75, 3.05) is 13.2 Å². The molecular formula is C12H14FNO2. The number of rotatable bonds is 5. The predicted molar refractivity (Wildman–Crippen MR) is 59.7 cm³/mol. The molecule has 1 aromatic carbocycles. The van der Waals surface area contributed by atoms with Gasteiger partial charge in [-0.25, -0.2) is 9.18 Å². The summed E-state index contributed by atoms with van der Waals surface area (Å²) in [6.45, 7) is -0.0161. The van der Waals surface area contributed by atoms with Gasteiger partial charge in [0.15, 0.2) is 0 Å². The monoisotopic (exact) mass is 223 g/mol. The van der Waals surface area contributed by atoms with Crippen LogP contribution in [0.1, 0.15) is 5.56 Å². The minimum atomic E-state index is -0.527. The SMILES string of the molecule is O=C(NC/C=C/CF)OCc1ccccc1. The second kappa shape index (κ2) is 7.45. The molecular weight excluding hydrogens is 209 g/mol. The van der Waals surface area contributed by atoms with Gasteiger partial charge in [0.1, 0.15) is 13.3 Å². The summed E-state index contributed by atoms with van der Waals surface area (Å²) in [7, 11) is 0. The van der Waals surface area contributed by atoms with Crippen molar-refractivity contribution >= 4 is 6.09 Å². The summed E-state index contributed by atoms with van der Waals surface area (Å²) >= 11 is 0. The van der Waals surface area contributed by atoms with Gasteiger partial charge >= 0.3 is 6.09 Å². The molecule has 0 atom stereocenters. The van der Waals surface area contributed by atoms with Crippen LogP contribution in [0.15, 0.2) is 42.5 Å². The average molecular weight is 223 g/mol. The van der Waals surface area contributed by atoms with E-state index in [9.17, 15) is 9.18 Å². The number of nitrogens with one attached hydrogen (secondary N) is 1. The summed E-state index contributed by atoms with van der Waals surface area (Å²) in [5.74, 6) is 0. The molecule has 0 aliphatic heterocycles. The zero-order valence-electron chi connectivity index (χ0n) is 8.86. The molecule has 0 fully saturated rings. The van der Waals surface area contributed by atoms with Crippen molar-refractivity contribution in [1.82, 2.24) is 5.32 Å². The Morgan fingerprint density at radius 2 is 2.06 bits per heavy atom. The Hall–Kier alpha value is -1.84. The molecule has 4 heteroatoms. The zero-order chi connectivity index (χ0) is 11.6. The maximum atomic E-state index is 11.7. The first-order valence-electron chi connectivity index (χ1n) is 4.98. The second-order valence-corrected chi connectivity index (χ2v) is 3.07. The van der Waals surface area contributed by atoms with Crippen molar-refractivity contribution in [3.8, 4) is 0 Å². The van der Waals surface area contributed by atoms with Gasteiger partial charge in [0.05, 0.1) is 0 Å². The first-order chi connectivity index (χ1) is 7.83. The lowest BCUT2D eigenvalue weighted by molar-refractivity contribution is 0.140. The van der Waals surface area contributed by atoms with Crippen molar-refractivity contribution in [1.29, 1.82) is 0 Å². The molecule has 0 spiro atoms. The molecule has 0 unspecified atom stereocenters. The van der Waals surface area contributed by atoms with Crippen LogP contribution in [-0.2, 0) is 11.3 Å². The minimum absolute atomic E-state index is 0.236. The molecule has 0 aliphatic carbocycles. The van der Waals surface area contributed by atoms with E-state index < -0.39 is 12.8 Å². The number of alkyl carbamates (subject to hydrolysis) is 1. The number of halogens is 1. The van der Waals surface area contributed by atoms with Crippen molar-refractivity contribution in [3.63, 3.8) is 0 Å². The van der Waals surface area contributed by atoms with Gasteiger partial charge in [0, 0.05) is 6.54 Å². The first kappa shape index (κ1) is 12.2. The molecule has 1 rings (SSSR count). The lowest BCUT2D eigenvalue weighted by Gasteiger charge is -2.04. The summed E-state index contributed by atoms with van der Waals surface area (Å²) in [5, 5.41) is 2.47. The van der Waals surface area contributed by atoms with Crippen LogP contribution in [0.3, 0.4) is 0 Å². The first-order valence-corrected chi connectivity index (χ1v) is 4.98. The normalized spacial score (nSPS) is 10.3. The Morgan fingerprint density at radius 1 is 1.31 bits per heavy atom. The molecule has 86 valence electrons. The van der Waals surface area contributed by atoms with Gasteiger partial charge in [-0.15, -0.1) is 0 Å². The van der Waals surface area contributed by atoms with E-state index in [0.29, 0.717) is 0 Å². The Labute approximate surface area is 93.9 Å². The zero-order valence-corrected chi connectivity index (χ0v) is 8.86. The maximum absolute atomic E-state index is 11.7. The van der Waals surface area contributed by atoms with Gasteiger partial charge in [-0.2, -0.15) is 0 Å². The van der Waals surface area contributed by atoms with Gasteiger partial charge in [0.25, 0.3) is 0 Å². The van der Waals surface area contributed by atoms with Gasteiger partial charge < -0.3 is 10.1 Å². The van der Waals surface area contributed by atoms with Gasteiger partial charge in [-0.05, 0) is 5.56 Å². The molecule has 1 amide bonds. The summed E-state index contributed by atoms with van der Waals surface area (Å²) in [5.41, 5.74) is 0.928. The molecule has 3 nitrogen and oxygen atoms in total. The summed E-state index contributed by atoms with van der Waals surface area (Å²) in [4.78, 5) is 11.1. The maximum Gasteiger partial charge on any atom is 0.407 e. The number of allylic oxidation sites excluding steroid dienone is 1. The standard InChI is InChI=1S/C12H14FNO2/c13-8-4-5-9-14-12(15)16-10-11-6-2-1-3-7-11/h1-7H,8-10H2,(H,14,15)/b5-4+. The third kappa shape index (κ3) is 5.14. The number of amides is 1. The number of alkyl halides is 1. The largest absolute Gasteiger partial charge is 0.445 e. The molecule has 0 heterocycles. The van der Waals surface area contributed by atoms with Gasteiger partial charge in [-0.3, -0.25) is 0 Å². The highest BCUT2D eigenvalue weighted by Gasteiger charge is 1.99. The molecule has 1 aromatic rings. The Balaban J connectivity index is 2.18. The van der Waals surface area contributed by atoms with Crippen LogP contribution in [0.4, 0.5) is 9.18 Å². The van der Waals surface area contributed by atoms with E-state index in [4.69, 9.17) is 4.74 Å². The number of benzene rings is 1. The molecule has 16 heavy (non-hydrogen) atoms. The summed E-state index contributed by atoms with van der Waals surface area (Å²) in [6.07, 6.45) is 2.36. The van der Waals surface area contributed by atoms with Gasteiger partial charge in [-0.1, -0.05) is 42.5 Å². The van der Waals surface area contributed by atoms with Crippen LogP contribution in [0.25, 0.3) is 0 Å². The lowest BCUT2D eigenvalue weighted by Crippen LogP contribution is -2.24. The highest BCUT2D eigenvalue weighted by Crippen LogP contribution is 2.00. The molecule has 1 N–H and O–H groups in total. The van der Waals surface area contributed by atoms with Crippen LogP contribution < -0.4 is 5.32 Å². The Morgan fingerprint density at radius 3 is 2.75 bits per heavy atom. The molecule has 0 saturated heterocycles. The topological polar surface area (TPSA) is 38.3 Å². The molecule has 0 aliphatic rings. The highest BCUT2D eigenvalue weighted by atomic mass is 19.1. The van der Waals surface area contributed by atoms with Crippen LogP contribution in [-0.4, -0.2) is 19.3 Å². The summed E-state index contributed by atoms with van der Waals surface area (Å²) in [6, 6.07) is 9.39. The van der Waals surface area contributed by atoms with E-state index in [1.165, 1.54) is 12.2 Å². The molecule has 0 radical (unpaired) electrons. The van der Waals surface area contributed by atoms with E-state index in [1.54, 1.807) is 0 Å². The summed E-state index contributed by atoms with van der Waals surface area (Å²) < 4.78 is 16.6. The van der Waals surface area contributed by atoms with Crippen molar-refractivity contribution in [2.45, 2.75) is 6.61 Å². The van der Waals surface area contributed by atoms with Crippen LogP contribution in [0.5, 0.6) is 0 Å². The number of carbonyl (C=O) groups excluding carboxylic acids is 1. The number of carbonyl (C=O) groups is 1. The fourth-order valence-electron chi connectivity index (χ4n) is 1.06. The smallest absolute Gasteiger partial charge is 0.407 e. The molecule has 0 aromatic heterocycles. The number of hydrogen-bond acceptors (Lipinski definition) is 2.